The largest absolute Gasteiger partial charge is 0.339 e. The van der Waals surface area contributed by atoms with Crippen LogP contribution in [0.15, 0.2) is 4.52 Å². The quantitative estimate of drug-likeness (QED) is 0.861. The van der Waals surface area contributed by atoms with Gasteiger partial charge >= 0.3 is 0 Å². The molecule has 0 spiro atoms. The highest BCUT2D eigenvalue weighted by Crippen LogP contribution is 2.31. The molecule has 112 valence electrons. The van der Waals surface area contributed by atoms with Crippen LogP contribution in [0.5, 0.6) is 0 Å². The number of rotatable bonds is 3. The van der Waals surface area contributed by atoms with Crippen molar-refractivity contribution >= 4 is 0 Å². The van der Waals surface area contributed by atoms with E-state index in [1.54, 1.807) is 11.5 Å². The third kappa shape index (κ3) is 2.58. The molecule has 1 aliphatic carbocycles. The Morgan fingerprint density at radius 1 is 1.18 bits per heavy atom. The van der Waals surface area contributed by atoms with Crippen LogP contribution in [0.2, 0.25) is 0 Å². The van der Waals surface area contributed by atoms with Gasteiger partial charge in [0.25, 0.3) is 0 Å². The van der Waals surface area contributed by atoms with Crippen molar-refractivity contribution in [1.82, 2.24) is 19.7 Å². The lowest BCUT2D eigenvalue weighted by Gasteiger charge is -2.17. The molecule has 0 saturated heterocycles. The van der Waals surface area contributed by atoms with E-state index in [2.05, 4.69) is 15.1 Å². The summed E-state index contributed by atoms with van der Waals surface area (Å²) >= 11 is 0. The van der Waals surface area contributed by atoms with Crippen LogP contribution in [0, 0.1) is 29.6 Å². The lowest BCUT2D eigenvalue weighted by Crippen LogP contribution is -2.08. The van der Waals surface area contributed by atoms with Crippen LogP contribution in [0.3, 0.4) is 0 Å². The maximum absolute atomic E-state index is 9.20. The second-order valence-corrected chi connectivity index (χ2v) is 5.55. The number of hydrogen-bond acceptors (Lipinski definition) is 6. The first-order valence-corrected chi connectivity index (χ1v) is 7.42. The van der Waals surface area contributed by atoms with Gasteiger partial charge in [0.1, 0.15) is 18.0 Å². The molecule has 7 heteroatoms. The summed E-state index contributed by atoms with van der Waals surface area (Å²) in [4.78, 5) is 8.55. The van der Waals surface area contributed by atoms with Crippen molar-refractivity contribution in [2.45, 2.75) is 51.5 Å². The summed E-state index contributed by atoms with van der Waals surface area (Å²) in [6, 6.07) is 3.95. The molecule has 1 aliphatic rings. The molecule has 0 atom stereocenters. The summed E-state index contributed by atoms with van der Waals surface area (Å²) in [6.07, 6.45) is 5.86. The Hall–Kier alpha value is -2.67. The molecule has 0 amide bonds. The Morgan fingerprint density at radius 3 is 2.64 bits per heavy atom. The topological polar surface area (TPSA) is 104 Å². The van der Waals surface area contributed by atoms with Crippen molar-refractivity contribution in [2.75, 3.05) is 0 Å². The molecule has 0 N–H and O–H groups in total. The fourth-order valence-electron chi connectivity index (χ4n) is 2.94. The van der Waals surface area contributed by atoms with Gasteiger partial charge < -0.3 is 9.09 Å². The molecule has 0 aliphatic heterocycles. The predicted molar refractivity (Wildman–Crippen MR) is 75.6 cm³/mol. The molecule has 0 bridgehead atoms. The van der Waals surface area contributed by atoms with Gasteiger partial charge in [-0.1, -0.05) is 24.4 Å². The Kier molecular flexibility index (Phi) is 3.88. The zero-order valence-corrected chi connectivity index (χ0v) is 12.4. The van der Waals surface area contributed by atoms with E-state index in [1.165, 1.54) is 19.3 Å². The first kappa shape index (κ1) is 14.3. The van der Waals surface area contributed by atoms with Gasteiger partial charge in [0.2, 0.25) is 5.89 Å². The average molecular weight is 296 g/mol. The van der Waals surface area contributed by atoms with Crippen LogP contribution in [0.25, 0.3) is 0 Å². The highest BCUT2D eigenvalue weighted by molar-refractivity contribution is 5.38. The number of aromatic nitrogens is 4. The summed E-state index contributed by atoms with van der Waals surface area (Å²) in [7, 11) is 0. The van der Waals surface area contributed by atoms with E-state index in [1.807, 2.05) is 12.1 Å². The Balaban J connectivity index is 1.83. The van der Waals surface area contributed by atoms with E-state index in [0.717, 1.165) is 12.8 Å². The molecule has 22 heavy (non-hydrogen) atoms. The molecule has 2 heterocycles. The molecule has 7 nitrogen and oxygen atoms in total. The second-order valence-electron chi connectivity index (χ2n) is 5.55. The van der Waals surface area contributed by atoms with Crippen molar-refractivity contribution in [3.05, 3.63) is 28.9 Å². The lowest BCUT2D eigenvalue weighted by atomic mass is 9.89. The Morgan fingerprint density at radius 2 is 1.95 bits per heavy atom. The molecule has 3 rings (SSSR count). The van der Waals surface area contributed by atoms with Crippen LogP contribution in [0.4, 0.5) is 0 Å². The minimum Gasteiger partial charge on any atom is -0.339 e. The molecule has 0 radical (unpaired) electrons. The van der Waals surface area contributed by atoms with Crippen molar-refractivity contribution in [3.63, 3.8) is 0 Å². The van der Waals surface area contributed by atoms with E-state index >= 15 is 0 Å². The molecular weight excluding hydrogens is 280 g/mol. The van der Waals surface area contributed by atoms with Gasteiger partial charge in [-0.15, -0.1) is 0 Å². The smallest absolute Gasteiger partial charge is 0.229 e. The molecule has 0 aromatic carbocycles. The molecule has 2 aromatic rings. The van der Waals surface area contributed by atoms with Gasteiger partial charge in [0, 0.05) is 5.92 Å². The van der Waals surface area contributed by atoms with Crippen molar-refractivity contribution < 1.29 is 4.52 Å². The fourth-order valence-corrected chi connectivity index (χ4v) is 2.94. The minimum atomic E-state index is 0.135. The van der Waals surface area contributed by atoms with Crippen molar-refractivity contribution in [2.24, 2.45) is 0 Å². The van der Waals surface area contributed by atoms with Crippen LogP contribution in [0.1, 0.15) is 66.9 Å². The van der Waals surface area contributed by atoms with Gasteiger partial charge in [0.15, 0.2) is 17.2 Å². The molecule has 0 unspecified atom stereocenters. The lowest BCUT2D eigenvalue weighted by molar-refractivity contribution is 0.312. The summed E-state index contributed by atoms with van der Waals surface area (Å²) < 4.78 is 7.03. The average Bonchev–Trinajstić information content (AvgIpc) is 3.14. The number of aryl methyl sites for hydroxylation is 1. The minimum absolute atomic E-state index is 0.135. The Labute approximate surface area is 128 Å². The second kappa shape index (κ2) is 5.98. The summed E-state index contributed by atoms with van der Waals surface area (Å²) in [5.74, 6) is 2.15. The van der Waals surface area contributed by atoms with E-state index in [4.69, 9.17) is 9.78 Å². The molecular formula is C15H16N6O. The van der Waals surface area contributed by atoms with Crippen molar-refractivity contribution in [1.29, 1.82) is 10.5 Å². The van der Waals surface area contributed by atoms with Gasteiger partial charge in [-0.25, -0.2) is 4.98 Å². The number of hydrogen-bond donors (Lipinski definition) is 0. The van der Waals surface area contributed by atoms with Crippen molar-refractivity contribution in [3.8, 4) is 12.1 Å². The summed E-state index contributed by atoms with van der Waals surface area (Å²) in [6.45, 7) is 2.05. The van der Waals surface area contributed by atoms with Gasteiger partial charge in [0.05, 0.1) is 6.54 Å². The zero-order chi connectivity index (χ0) is 15.5. The number of nitrogens with zero attached hydrogens (tertiary/aromatic N) is 6. The third-order valence-electron chi connectivity index (χ3n) is 4.11. The predicted octanol–water partition coefficient (Wildman–Crippen LogP) is 2.41. The van der Waals surface area contributed by atoms with Crippen LogP contribution < -0.4 is 0 Å². The SMILES string of the molecule is Cc1nc(C#N)c(C#N)n1Cc1noc(C2CCCCC2)n1. The standard InChI is InChI=1S/C15H16N6O/c1-10-18-12(7-16)13(8-17)21(10)9-14-19-15(22-20-14)11-5-3-2-4-6-11/h11H,2-6,9H2,1H3. The van der Waals surface area contributed by atoms with Gasteiger partial charge in [-0.2, -0.15) is 15.5 Å². The van der Waals surface area contributed by atoms with E-state index in [9.17, 15) is 5.26 Å². The maximum Gasteiger partial charge on any atom is 0.229 e. The third-order valence-corrected chi connectivity index (χ3v) is 4.11. The first-order valence-electron chi connectivity index (χ1n) is 7.42. The van der Waals surface area contributed by atoms with Gasteiger partial charge in [-0.3, -0.25) is 0 Å². The van der Waals surface area contributed by atoms with Crippen LogP contribution >= 0.6 is 0 Å². The fraction of sp³-hybridized carbons (Fsp3) is 0.533. The van der Waals surface area contributed by atoms with Crippen LogP contribution in [-0.2, 0) is 6.54 Å². The highest BCUT2D eigenvalue weighted by atomic mass is 16.5. The van der Waals surface area contributed by atoms with E-state index in [-0.39, 0.29) is 11.4 Å². The van der Waals surface area contributed by atoms with Gasteiger partial charge in [-0.05, 0) is 19.8 Å². The van der Waals surface area contributed by atoms with Crippen LogP contribution in [-0.4, -0.2) is 19.7 Å². The zero-order valence-electron chi connectivity index (χ0n) is 12.4. The molecule has 1 fully saturated rings. The molecule has 2 aromatic heterocycles. The normalized spacial score (nSPS) is 15.4. The number of nitriles is 2. The highest BCUT2D eigenvalue weighted by Gasteiger charge is 2.22. The summed E-state index contributed by atoms with van der Waals surface area (Å²) in [5.41, 5.74) is 0.375. The first-order chi connectivity index (χ1) is 10.7. The summed E-state index contributed by atoms with van der Waals surface area (Å²) in [5, 5.41) is 22.2. The van der Waals surface area contributed by atoms with E-state index < -0.39 is 0 Å². The Bertz CT molecular complexity index is 754. The monoisotopic (exact) mass is 296 g/mol. The number of imidazole rings is 1. The molecule has 1 saturated carbocycles. The van der Waals surface area contributed by atoms with E-state index in [0.29, 0.717) is 30.0 Å². The maximum atomic E-state index is 9.20.